The van der Waals surface area contributed by atoms with E-state index in [1.165, 1.54) is 12.4 Å². The highest BCUT2D eigenvalue weighted by Crippen LogP contribution is 2.29. The van der Waals surface area contributed by atoms with E-state index in [0.717, 1.165) is 12.1 Å². The first-order valence-corrected chi connectivity index (χ1v) is 5.68. The van der Waals surface area contributed by atoms with Gasteiger partial charge < -0.3 is 5.32 Å². The van der Waals surface area contributed by atoms with Crippen molar-refractivity contribution in [3.8, 4) is 0 Å². The summed E-state index contributed by atoms with van der Waals surface area (Å²) >= 11 is 0. The molecule has 0 radical (unpaired) electrons. The minimum Gasteiger partial charge on any atom is -0.313 e. The molecule has 0 fully saturated rings. The average Bonchev–Trinajstić information content (AvgIpc) is 2.77. The fourth-order valence-electron chi connectivity index (χ4n) is 1.73. The Hall–Kier alpha value is -1.89. The first-order chi connectivity index (χ1) is 9.00. The van der Waals surface area contributed by atoms with Gasteiger partial charge in [0.05, 0.1) is 18.7 Å². The maximum absolute atomic E-state index is 12.6. The quantitative estimate of drug-likeness (QED) is 0.924. The van der Waals surface area contributed by atoms with Crippen molar-refractivity contribution in [3.05, 3.63) is 47.5 Å². The Balaban J connectivity index is 2.21. The van der Waals surface area contributed by atoms with Gasteiger partial charge in [-0.2, -0.15) is 18.3 Å². The van der Waals surface area contributed by atoms with Crippen LogP contribution in [-0.4, -0.2) is 21.8 Å². The van der Waals surface area contributed by atoms with Crippen LogP contribution in [0.5, 0.6) is 0 Å². The molecule has 102 valence electrons. The molecular weight excluding hydrogens is 257 g/mol. The maximum Gasteiger partial charge on any atom is 0.416 e. The summed E-state index contributed by atoms with van der Waals surface area (Å²) in [6.45, 7) is 0.778. The van der Waals surface area contributed by atoms with Crippen LogP contribution in [0.2, 0.25) is 0 Å². The summed E-state index contributed by atoms with van der Waals surface area (Å²) in [5.74, 6) is 0.680. The summed E-state index contributed by atoms with van der Waals surface area (Å²) in [6, 6.07) is 5.22. The van der Waals surface area contributed by atoms with Crippen LogP contribution in [0.25, 0.3) is 0 Å². The SMILES string of the molecule is CNCc1ncnn1Cc1cccc(C(F)(F)F)c1. The largest absolute Gasteiger partial charge is 0.416 e. The molecule has 1 aromatic heterocycles. The third kappa shape index (κ3) is 3.31. The van der Waals surface area contributed by atoms with Crippen LogP contribution in [0.1, 0.15) is 17.0 Å². The monoisotopic (exact) mass is 270 g/mol. The van der Waals surface area contributed by atoms with E-state index in [0.29, 0.717) is 17.9 Å². The molecule has 0 atom stereocenters. The molecule has 7 heteroatoms. The van der Waals surface area contributed by atoms with Crippen molar-refractivity contribution in [2.24, 2.45) is 0 Å². The topological polar surface area (TPSA) is 42.7 Å². The standard InChI is InChI=1S/C12H13F3N4/c1-16-6-11-17-8-18-19(11)7-9-3-2-4-10(5-9)12(13,14)15/h2-5,8,16H,6-7H2,1H3. The van der Waals surface area contributed by atoms with Crippen molar-refractivity contribution in [2.75, 3.05) is 7.05 Å². The normalized spacial score (nSPS) is 11.8. The number of benzene rings is 1. The van der Waals surface area contributed by atoms with Crippen molar-refractivity contribution in [2.45, 2.75) is 19.3 Å². The third-order valence-electron chi connectivity index (χ3n) is 2.62. The van der Waals surface area contributed by atoms with E-state index in [1.54, 1.807) is 17.8 Å². The van der Waals surface area contributed by atoms with E-state index in [9.17, 15) is 13.2 Å². The van der Waals surface area contributed by atoms with Gasteiger partial charge in [-0.1, -0.05) is 12.1 Å². The molecule has 4 nitrogen and oxygen atoms in total. The fourth-order valence-corrected chi connectivity index (χ4v) is 1.73. The number of nitrogens with zero attached hydrogens (tertiary/aromatic N) is 3. The van der Waals surface area contributed by atoms with E-state index >= 15 is 0 Å². The lowest BCUT2D eigenvalue weighted by molar-refractivity contribution is -0.137. The molecule has 2 aromatic rings. The number of nitrogens with one attached hydrogen (secondary N) is 1. The summed E-state index contributed by atoms with van der Waals surface area (Å²) in [4.78, 5) is 4.04. The highest BCUT2D eigenvalue weighted by Gasteiger charge is 2.30. The van der Waals surface area contributed by atoms with Gasteiger partial charge in [-0.25, -0.2) is 9.67 Å². The summed E-state index contributed by atoms with van der Waals surface area (Å²) in [6.07, 6.45) is -2.94. The highest BCUT2D eigenvalue weighted by molar-refractivity contribution is 5.25. The van der Waals surface area contributed by atoms with Gasteiger partial charge in [0.15, 0.2) is 0 Å². The molecule has 1 heterocycles. The molecule has 0 amide bonds. The van der Waals surface area contributed by atoms with Crippen LogP contribution >= 0.6 is 0 Å². The number of alkyl halides is 3. The Morgan fingerprint density at radius 3 is 2.79 bits per heavy atom. The Kier molecular flexibility index (Phi) is 3.84. The van der Waals surface area contributed by atoms with E-state index in [-0.39, 0.29) is 6.54 Å². The van der Waals surface area contributed by atoms with Crippen molar-refractivity contribution in [1.82, 2.24) is 20.1 Å². The van der Waals surface area contributed by atoms with Crippen LogP contribution < -0.4 is 5.32 Å². The molecule has 0 saturated heterocycles. The Labute approximate surface area is 108 Å². The van der Waals surface area contributed by atoms with Crippen LogP contribution in [-0.2, 0) is 19.3 Å². The number of aromatic nitrogens is 3. The first kappa shape index (κ1) is 13.5. The number of hydrogen-bond acceptors (Lipinski definition) is 3. The van der Waals surface area contributed by atoms with Gasteiger partial charge in [0.1, 0.15) is 12.2 Å². The van der Waals surface area contributed by atoms with Gasteiger partial charge in [0, 0.05) is 0 Å². The van der Waals surface area contributed by atoms with Gasteiger partial charge in [0.2, 0.25) is 0 Å². The summed E-state index contributed by atoms with van der Waals surface area (Å²) in [5, 5.41) is 6.93. The second-order valence-electron chi connectivity index (χ2n) is 4.06. The van der Waals surface area contributed by atoms with Crippen molar-refractivity contribution >= 4 is 0 Å². The van der Waals surface area contributed by atoms with Gasteiger partial charge in [-0.3, -0.25) is 0 Å². The number of rotatable bonds is 4. The van der Waals surface area contributed by atoms with Gasteiger partial charge in [-0.05, 0) is 24.7 Å². The van der Waals surface area contributed by atoms with Gasteiger partial charge in [-0.15, -0.1) is 0 Å². The molecule has 1 aromatic carbocycles. The molecule has 0 bridgehead atoms. The molecule has 0 unspecified atom stereocenters. The minimum atomic E-state index is -4.33. The molecule has 0 aliphatic rings. The van der Waals surface area contributed by atoms with Crippen LogP contribution in [0, 0.1) is 0 Å². The average molecular weight is 270 g/mol. The van der Waals surface area contributed by atoms with E-state index in [1.807, 2.05) is 0 Å². The second-order valence-corrected chi connectivity index (χ2v) is 4.06. The molecule has 0 aliphatic heterocycles. The Morgan fingerprint density at radius 1 is 1.32 bits per heavy atom. The predicted octanol–water partition coefficient (Wildman–Crippen LogP) is 2.06. The summed E-state index contributed by atoms with van der Waals surface area (Å²) < 4.78 is 39.4. The highest BCUT2D eigenvalue weighted by atomic mass is 19.4. The number of hydrogen-bond donors (Lipinski definition) is 1. The lowest BCUT2D eigenvalue weighted by atomic mass is 10.1. The van der Waals surface area contributed by atoms with Gasteiger partial charge >= 0.3 is 6.18 Å². The number of halogens is 3. The second kappa shape index (κ2) is 5.40. The molecule has 0 aliphatic carbocycles. The van der Waals surface area contributed by atoms with E-state index < -0.39 is 11.7 Å². The van der Waals surface area contributed by atoms with E-state index in [2.05, 4.69) is 15.4 Å². The Morgan fingerprint density at radius 2 is 2.11 bits per heavy atom. The smallest absolute Gasteiger partial charge is 0.313 e. The lowest BCUT2D eigenvalue weighted by Gasteiger charge is -2.10. The zero-order valence-electron chi connectivity index (χ0n) is 10.3. The van der Waals surface area contributed by atoms with Gasteiger partial charge in [0.25, 0.3) is 0 Å². The van der Waals surface area contributed by atoms with Crippen molar-refractivity contribution in [1.29, 1.82) is 0 Å². The first-order valence-electron chi connectivity index (χ1n) is 5.68. The Bertz CT molecular complexity index is 548. The van der Waals surface area contributed by atoms with E-state index in [4.69, 9.17) is 0 Å². The fraction of sp³-hybridized carbons (Fsp3) is 0.333. The summed E-state index contributed by atoms with van der Waals surface area (Å²) in [7, 11) is 1.77. The van der Waals surface area contributed by atoms with Crippen LogP contribution in [0.15, 0.2) is 30.6 Å². The van der Waals surface area contributed by atoms with Crippen molar-refractivity contribution in [3.63, 3.8) is 0 Å². The molecule has 1 N–H and O–H groups in total. The molecule has 19 heavy (non-hydrogen) atoms. The van der Waals surface area contributed by atoms with Crippen molar-refractivity contribution < 1.29 is 13.2 Å². The maximum atomic E-state index is 12.6. The molecule has 2 rings (SSSR count). The lowest BCUT2D eigenvalue weighted by Crippen LogP contribution is -2.14. The zero-order valence-corrected chi connectivity index (χ0v) is 10.3. The predicted molar refractivity (Wildman–Crippen MR) is 63.3 cm³/mol. The minimum absolute atomic E-state index is 0.265. The third-order valence-corrected chi connectivity index (χ3v) is 2.62. The molecule has 0 saturated carbocycles. The summed E-state index contributed by atoms with van der Waals surface area (Å²) in [5.41, 5.74) is -0.113. The van der Waals surface area contributed by atoms with Crippen LogP contribution in [0.4, 0.5) is 13.2 Å². The molecule has 0 spiro atoms. The zero-order chi connectivity index (χ0) is 13.9. The molecular formula is C12H13F3N4. The van der Waals surface area contributed by atoms with Crippen LogP contribution in [0.3, 0.4) is 0 Å².